The van der Waals surface area contributed by atoms with Crippen molar-refractivity contribution in [3.63, 3.8) is 0 Å². The SMILES string of the molecule is COc1ccc(COc2ccnc(-c3ccncc3)n2)cc1. The molecule has 3 aromatic rings. The molecule has 0 saturated carbocycles. The van der Waals surface area contributed by atoms with Crippen LogP contribution in [0.3, 0.4) is 0 Å². The molecule has 3 rings (SSSR count). The lowest BCUT2D eigenvalue weighted by Gasteiger charge is -2.07. The molecule has 2 heterocycles. The first-order valence-electron chi connectivity index (χ1n) is 6.84. The van der Waals surface area contributed by atoms with Gasteiger partial charge in [-0.05, 0) is 29.8 Å². The van der Waals surface area contributed by atoms with Crippen LogP contribution in [0.2, 0.25) is 0 Å². The molecule has 0 aliphatic carbocycles. The summed E-state index contributed by atoms with van der Waals surface area (Å²) in [5, 5.41) is 0. The number of hydrogen-bond donors (Lipinski definition) is 0. The molecule has 0 aliphatic heterocycles. The van der Waals surface area contributed by atoms with Crippen LogP contribution in [0.15, 0.2) is 61.1 Å². The van der Waals surface area contributed by atoms with Crippen LogP contribution in [0.4, 0.5) is 0 Å². The van der Waals surface area contributed by atoms with Crippen molar-refractivity contribution in [2.75, 3.05) is 7.11 Å². The van der Waals surface area contributed by atoms with E-state index in [0.29, 0.717) is 18.3 Å². The number of nitrogens with zero attached hydrogens (tertiary/aromatic N) is 3. The van der Waals surface area contributed by atoms with Crippen LogP contribution < -0.4 is 9.47 Å². The summed E-state index contributed by atoms with van der Waals surface area (Å²) in [4.78, 5) is 12.6. The van der Waals surface area contributed by atoms with E-state index in [-0.39, 0.29) is 0 Å². The summed E-state index contributed by atoms with van der Waals surface area (Å²) in [5.41, 5.74) is 1.95. The number of methoxy groups -OCH3 is 1. The summed E-state index contributed by atoms with van der Waals surface area (Å²) < 4.78 is 10.9. The molecule has 0 atom stereocenters. The molecule has 2 aromatic heterocycles. The molecule has 0 N–H and O–H groups in total. The molecule has 1 aromatic carbocycles. The maximum Gasteiger partial charge on any atom is 0.217 e. The predicted octanol–water partition coefficient (Wildman–Crippen LogP) is 3.13. The van der Waals surface area contributed by atoms with Gasteiger partial charge in [0.25, 0.3) is 0 Å². The number of pyridine rings is 1. The van der Waals surface area contributed by atoms with Gasteiger partial charge in [-0.25, -0.2) is 4.98 Å². The van der Waals surface area contributed by atoms with Crippen LogP contribution in [0.1, 0.15) is 5.56 Å². The summed E-state index contributed by atoms with van der Waals surface area (Å²) >= 11 is 0. The summed E-state index contributed by atoms with van der Waals surface area (Å²) in [6, 6.07) is 13.2. The predicted molar refractivity (Wildman–Crippen MR) is 82.6 cm³/mol. The van der Waals surface area contributed by atoms with E-state index in [1.807, 2.05) is 36.4 Å². The highest BCUT2D eigenvalue weighted by molar-refractivity contribution is 5.53. The molecule has 0 unspecified atom stereocenters. The van der Waals surface area contributed by atoms with E-state index in [1.54, 1.807) is 31.8 Å². The van der Waals surface area contributed by atoms with Gasteiger partial charge in [-0.1, -0.05) is 12.1 Å². The lowest BCUT2D eigenvalue weighted by molar-refractivity contribution is 0.293. The van der Waals surface area contributed by atoms with Crippen molar-refractivity contribution in [1.82, 2.24) is 15.0 Å². The molecule has 0 radical (unpaired) electrons. The molecule has 0 saturated heterocycles. The third-order valence-electron chi connectivity index (χ3n) is 3.11. The molecule has 5 heteroatoms. The summed E-state index contributed by atoms with van der Waals surface area (Å²) in [6.45, 7) is 0.441. The minimum absolute atomic E-state index is 0.441. The molecule has 110 valence electrons. The molecule has 22 heavy (non-hydrogen) atoms. The van der Waals surface area contributed by atoms with Crippen molar-refractivity contribution in [2.45, 2.75) is 6.61 Å². The summed E-state index contributed by atoms with van der Waals surface area (Å²) in [5.74, 6) is 1.98. The van der Waals surface area contributed by atoms with Gasteiger partial charge in [-0.15, -0.1) is 0 Å². The zero-order valence-corrected chi connectivity index (χ0v) is 12.1. The number of benzene rings is 1. The largest absolute Gasteiger partial charge is 0.497 e. The molecule has 0 bridgehead atoms. The van der Waals surface area contributed by atoms with Crippen LogP contribution in [0.25, 0.3) is 11.4 Å². The van der Waals surface area contributed by atoms with E-state index in [9.17, 15) is 0 Å². The molecular weight excluding hydrogens is 278 g/mol. The van der Waals surface area contributed by atoms with Gasteiger partial charge >= 0.3 is 0 Å². The van der Waals surface area contributed by atoms with Gasteiger partial charge < -0.3 is 9.47 Å². The van der Waals surface area contributed by atoms with Crippen molar-refractivity contribution in [1.29, 1.82) is 0 Å². The van der Waals surface area contributed by atoms with Crippen LogP contribution >= 0.6 is 0 Å². The van der Waals surface area contributed by atoms with Crippen LogP contribution in [0, 0.1) is 0 Å². The van der Waals surface area contributed by atoms with E-state index in [4.69, 9.17) is 9.47 Å². The first kappa shape index (κ1) is 14.0. The fraction of sp³-hybridized carbons (Fsp3) is 0.118. The topological polar surface area (TPSA) is 57.1 Å². The van der Waals surface area contributed by atoms with Gasteiger partial charge in [-0.3, -0.25) is 4.98 Å². The van der Waals surface area contributed by atoms with Crippen molar-refractivity contribution in [3.8, 4) is 23.0 Å². The van der Waals surface area contributed by atoms with E-state index >= 15 is 0 Å². The van der Waals surface area contributed by atoms with Gasteiger partial charge in [0, 0.05) is 30.2 Å². The second-order valence-electron chi connectivity index (χ2n) is 4.59. The van der Waals surface area contributed by atoms with Gasteiger partial charge in [-0.2, -0.15) is 4.98 Å². The minimum atomic E-state index is 0.441. The summed E-state index contributed by atoms with van der Waals surface area (Å²) in [7, 11) is 1.65. The van der Waals surface area contributed by atoms with E-state index in [1.165, 1.54) is 0 Å². The second kappa shape index (κ2) is 6.67. The number of ether oxygens (including phenoxy) is 2. The Labute approximate surface area is 128 Å². The average molecular weight is 293 g/mol. The smallest absolute Gasteiger partial charge is 0.217 e. The van der Waals surface area contributed by atoms with Crippen LogP contribution in [-0.4, -0.2) is 22.1 Å². The van der Waals surface area contributed by atoms with Gasteiger partial charge in [0.15, 0.2) is 5.82 Å². The minimum Gasteiger partial charge on any atom is -0.497 e. The number of rotatable bonds is 5. The molecular formula is C17H15N3O2. The summed E-state index contributed by atoms with van der Waals surface area (Å²) in [6.07, 6.45) is 5.11. The number of aromatic nitrogens is 3. The Morgan fingerprint density at radius 3 is 2.41 bits per heavy atom. The van der Waals surface area contributed by atoms with Gasteiger partial charge in [0.1, 0.15) is 12.4 Å². The Morgan fingerprint density at radius 1 is 0.909 bits per heavy atom. The Balaban J connectivity index is 1.70. The van der Waals surface area contributed by atoms with Crippen LogP contribution in [-0.2, 0) is 6.61 Å². The first-order chi connectivity index (χ1) is 10.8. The monoisotopic (exact) mass is 293 g/mol. The molecule has 0 fully saturated rings. The quantitative estimate of drug-likeness (QED) is 0.723. The fourth-order valence-corrected chi connectivity index (χ4v) is 1.94. The Hall–Kier alpha value is -2.95. The van der Waals surface area contributed by atoms with Crippen molar-refractivity contribution < 1.29 is 9.47 Å². The fourth-order valence-electron chi connectivity index (χ4n) is 1.94. The lowest BCUT2D eigenvalue weighted by Crippen LogP contribution is -1.99. The zero-order chi connectivity index (χ0) is 15.2. The average Bonchev–Trinajstić information content (AvgIpc) is 2.61. The van der Waals surface area contributed by atoms with Crippen molar-refractivity contribution in [3.05, 3.63) is 66.6 Å². The van der Waals surface area contributed by atoms with Crippen molar-refractivity contribution in [2.24, 2.45) is 0 Å². The van der Waals surface area contributed by atoms with Crippen molar-refractivity contribution >= 4 is 0 Å². The third-order valence-corrected chi connectivity index (χ3v) is 3.11. The Kier molecular flexibility index (Phi) is 4.25. The lowest BCUT2D eigenvalue weighted by atomic mass is 10.2. The normalized spacial score (nSPS) is 10.2. The van der Waals surface area contributed by atoms with Gasteiger partial charge in [0.05, 0.1) is 7.11 Å². The van der Waals surface area contributed by atoms with E-state index < -0.39 is 0 Å². The highest BCUT2D eigenvalue weighted by atomic mass is 16.5. The van der Waals surface area contributed by atoms with E-state index in [2.05, 4.69) is 15.0 Å². The Morgan fingerprint density at radius 2 is 1.68 bits per heavy atom. The highest BCUT2D eigenvalue weighted by Crippen LogP contribution is 2.17. The Bertz CT molecular complexity index is 730. The third kappa shape index (κ3) is 3.38. The standard InChI is InChI=1S/C17H15N3O2/c1-21-15-4-2-13(3-5-15)12-22-16-8-11-19-17(20-16)14-6-9-18-10-7-14/h2-11H,12H2,1H3. The zero-order valence-electron chi connectivity index (χ0n) is 12.1. The maximum absolute atomic E-state index is 5.72. The maximum atomic E-state index is 5.72. The molecule has 0 aliphatic rings. The molecule has 5 nitrogen and oxygen atoms in total. The second-order valence-corrected chi connectivity index (χ2v) is 4.59. The number of hydrogen-bond acceptors (Lipinski definition) is 5. The molecule has 0 spiro atoms. The highest BCUT2D eigenvalue weighted by Gasteiger charge is 2.03. The van der Waals surface area contributed by atoms with Gasteiger partial charge in [0.2, 0.25) is 5.88 Å². The molecule has 0 amide bonds. The first-order valence-corrected chi connectivity index (χ1v) is 6.84. The van der Waals surface area contributed by atoms with E-state index in [0.717, 1.165) is 16.9 Å². The van der Waals surface area contributed by atoms with Crippen LogP contribution in [0.5, 0.6) is 11.6 Å².